The third-order valence-corrected chi connectivity index (χ3v) is 5.95. The zero-order chi connectivity index (χ0) is 23.5. The van der Waals surface area contributed by atoms with E-state index in [0.29, 0.717) is 29.7 Å². The number of hydrogen-bond donors (Lipinski definition) is 1. The number of benzene rings is 2. The fourth-order valence-corrected chi connectivity index (χ4v) is 4.32. The SMILES string of the molecule is CCOc1ccc(/C=C2\SC(=O)N(CC(=O)Nc3cccc(C(F)(F)F)c3)C2=O)cc1I. The van der Waals surface area contributed by atoms with Crippen LogP contribution in [-0.2, 0) is 15.8 Å². The van der Waals surface area contributed by atoms with E-state index in [-0.39, 0.29) is 10.6 Å². The Morgan fingerprint density at radius 3 is 2.62 bits per heavy atom. The molecule has 6 nitrogen and oxygen atoms in total. The van der Waals surface area contributed by atoms with E-state index in [1.165, 1.54) is 12.1 Å². The number of carbonyl (C=O) groups is 3. The summed E-state index contributed by atoms with van der Waals surface area (Å²) in [5.74, 6) is -0.740. The standard InChI is InChI=1S/C21H16F3IN2O4S/c1-2-31-16-7-6-12(8-15(16)25)9-17-19(29)27(20(30)32-17)11-18(28)26-14-5-3-4-13(10-14)21(22,23)24/h3-10H,2,11H2,1H3,(H,26,28)/b17-9-. The van der Waals surface area contributed by atoms with Crippen LogP contribution in [0.1, 0.15) is 18.1 Å². The third kappa shape index (κ3) is 5.82. The van der Waals surface area contributed by atoms with Crippen LogP contribution in [0.3, 0.4) is 0 Å². The lowest BCUT2D eigenvalue weighted by Crippen LogP contribution is -2.36. The molecule has 0 unspecified atom stereocenters. The zero-order valence-electron chi connectivity index (χ0n) is 16.5. The van der Waals surface area contributed by atoms with E-state index in [2.05, 4.69) is 27.9 Å². The van der Waals surface area contributed by atoms with Crippen LogP contribution in [0, 0.1) is 3.57 Å². The number of thioether (sulfide) groups is 1. The van der Waals surface area contributed by atoms with Crippen molar-refractivity contribution in [3.8, 4) is 5.75 Å². The summed E-state index contributed by atoms with van der Waals surface area (Å²) in [5.41, 5.74) is -0.331. The Morgan fingerprint density at radius 1 is 1.22 bits per heavy atom. The number of ether oxygens (including phenoxy) is 1. The normalized spacial score (nSPS) is 15.4. The molecule has 1 aliphatic heterocycles. The Morgan fingerprint density at radius 2 is 1.97 bits per heavy atom. The summed E-state index contributed by atoms with van der Waals surface area (Å²) in [5, 5.41) is 1.65. The van der Waals surface area contributed by atoms with Crippen LogP contribution in [0.15, 0.2) is 47.4 Å². The largest absolute Gasteiger partial charge is 0.493 e. The van der Waals surface area contributed by atoms with Gasteiger partial charge in [0.1, 0.15) is 12.3 Å². The van der Waals surface area contributed by atoms with Crippen LogP contribution in [0.25, 0.3) is 6.08 Å². The number of imide groups is 1. The smallest absolute Gasteiger partial charge is 0.416 e. The first-order chi connectivity index (χ1) is 15.1. The lowest BCUT2D eigenvalue weighted by atomic mass is 10.2. The summed E-state index contributed by atoms with van der Waals surface area (Å²) in [4.78, 5) is 38.0. The highest BCUT2D eigenvalue weighted by Crippen LogP contribution is 2.33. The number of nitrogens with one attached hydrogen (secondary N) is 1. The number of rotatable bonds is 6. The summed E-state index contributed by atoms with van der Waals surface area (Å²) in [7, 11) is 0. The highest BCUT2D eigenvalue weighted by atomic mass is 127. The molecule has 0 spiro atoms. The lowest BCUT2D eigenvalue weighted by molar-refractivity contribution is -0.137. The molecule has 1 N–H and O–H groups in total. The van der Waals surface area contributed by atoms with E-state index in [4.69, 9.17) is 4.74 Å². The number of halogens is 4. The topological polar surface area (TPSA) is 75.7 Å². The molecule has 0 atom stereocenters. The van der Waals surface area contributed by atoms with Crippen molar-refractivity contribution in [3.63, 3.8) is 0 Å². The molecular formula is C21H16F3IN2O4S. The average Bonchev–Trinajstić information content (AvgIpc) is 2.97. The second-order valence-corrected chi connectivity index (χ2v) is 8.67. The minimum absolute atomic E-state index is 0.0868. The van der Waals surface area contributed by atoms with Crippen molar-refractivity contribution in [1.29, 1.82) is 0 Å². The van der Waals surface area contributed by atoms with Crippen molar-refractivity contribution in [3.05, 3.63) is 62.1 Å². The Hall–Kier alpha value is -2.54. The molecule has 168 valence electrons. The Balaban J connectivity index is 1.69. The highest BCUT2D eigenvalue weighted by Gasteiger charge is 2.36. The van der Waals surface area contributed by atoms with Gasteiger partial charge in [-0.1, -0.05) is 12.1 Å². The van der Waals surface area contributed by atoms with Gasteiger partial charge in [-0.15, -0.1) is 0 Å². The first kappa shape index (κ1) is 24.1. The number of carbonyl (C=O) groups excluding carboxylic acids is 3. The molecule has 32 heavy (non-hydrogen) atoms. The second-order valence-electron chi connectivity index (χ2n) is 6.52. The van der Waals surface area contributed by atoms with Gasteiger partial charge in [-0.3, -0.25) is 19.3 Å². The molecule has 2 aromatic rings. The van der Waals surface area contributed by atoms with Gasteiger partial charge in [0.2, 0.25) is 5.91 Å². The van der Waals surface area contributed by atoms with Crippen LogP contribution >= 0.6 is 34.4 Å². The van der Waals surface area contributed by atoms with Gasteiger partial charge >= 0.3 is 6.18 Å². The highest BCUT2D eigenvalue weighted by molar-refractivity contribution is 14.1. The van der Waals surface area contributed by atoms with Crippen LogP contribution in [0.2, 0.25) is 0 Å². The summed E-state index contributed by atoms with van der Waals surface area (Å²) < 4.78 is 44.7. The van der Waals surface area contributed by atoms with E-state index in [9.17, 15) is 27.6 Å². The molecule has 0 saturated carbocycles. The van der Waals surface area contributed by atoms with Crippen molar-refractivity contribution < 1.29 is 32.3 Å². The maximum Gasteiger partial charge on any atom is 0.416 e. The lowest BCUT2D eigenvalue weighted by Gasteiger charge is -2.13. The molecule has 3 amide bonds. The van der Waals surface area contributed by atoms with Gasteiger partial charge in [0.25, 0.3) is 11.1 Å². The van der Waals surface area contributed by atoms with Crippen molar-refractivity contribution in [2.24, 2.45) is 0 Å². The number of alkyl halides is 3. The molecule has 0 aromatic heterocycles. The molecule has 2 aromatic carbocycles. The van der Waals surface area contributed by atoms with Crippen LogP contribution < -0.4 is 10.1 Å². The molecule has 3 rings (SSSR count). The van der Waals surface area contributed by atoms with E-state index < -0.39 is 35.3 Å². The molecule has 11 heteroatoms. The van der Waals surface area contributed by atoms with Gasteiger partial charge in [0.05, 0.1) is 20.6 Å². The summed E-state index contributed by atoms with van der Waals surface area (Å²) in [6.45, 7) is 1.76. The zero-order valence-corrected chi connectivity index (χ0v) is 19.5. The quantitative estimate of drug-likeness (QED) is 0.369. The molecule has 0 bridgehead atoms. The van der Waals surface area contributed by atoms with Crippen LogP contribution in [-0.4, -0.2) is 35.1 Å². The number of hydrogen-bond acceptors (Lipinski definition) is 5. The molecule has 1 fully saturated rings. The van der Waals surface area contributed by atoms with Gasteiger partial charge in [0, 0.05) is 5.69 Å². The van der Waals surface area contributed by atoms with E-state index in [1.54, 1.807) is 18.2 Å². The monoisotopic (exact) mass is 576 g/mol. The summed E-state index contributed by atoms with van der Waals surface area (Å²) in [6.07, 6.45) is -3.02. The average molecular weight is 576 g/mol. The van der Waals surface area contributed by atoms with Gasteiger partial charge in [-0.2, -0.15) is 13.2 Å². The van der Waals surface area contributed by atoms with Gasteiger partial charge in [-0.25, -0.2) is 0 Å². The van der Waals surface area contributed by atoms with E-state index in [0.717, 1.165) is 26.7 Å². The van der Waals surface area contributed by atoms with Crippen LogP contribution in [0.4, 0.5) is 23.7 Å². The van der Waals surface area contributed by atoms with Crippen molar-refractivity contribution >= 4 is 63.2 Å². The maximum atomic E-state index is 12.8. The minimum Gasteiger partial charge on any atom is -0.493 e. The molecule has 1 saturated heterocycles. The van der Waals surface area contributed by atoms with Gasteiger partial charge < -0.3 is 10.1 Å². The second kappa shape index (κ2) is 9.94. The Bertz CT molecular complexity index is 1100. The minimum atomic E-state index is -4.56. The summed E-state index contributed by atoms with van der Waals surface area (Å²) >= 11 is 2.78. The predicted molar refractivity (Wildman–Crippen MR) is 123 cm³/mol. The Labute approximate surface area is 199 Å². The number of anilines is 1. The third-order valence-electron chi connectivity index (χ3n) is 4.20. The summed E-state index contributed by atoms with van der Waals surface area (Å²) in [6, 6.07) is 9.37. The first-order valence-electron chi connectivity index (χ1n) is 9.23. The molecule has 1 heterocycles. The maximum absolute atomic E-state index is 12.8. The fourth-order valence-electron chi connectivity index (χ4n) is 2.78. The van der Waals surface area contributed by atoms with Crippen molar-refractivity contribution in [2.45, 2.75) is 13.1 Å². The van der Waals surface area contributed by atoms with E-state index >= 15 is 0 Å². The Kier molecular flexibility index (Phi) is 7.49. The first-order valence-corrected chi connectivity index (χ1v) is 11.1. The van der Waals surface area contributed by atoms with Gasteiger partial charge in [0.15, 0.2) is 0 Å². The molecule has 0 radical (unpaired) electrons. The van der Waals surface area contributed by atoms with Crippen molar-refractivity contribution in [2.75, 3.05) is 18.5 Å². The van der Waals surface area contributed by atoms with Gasteiger partial charge in [-0.05, 0) is 83.2 Å². The molecular weight excluding hydrogens is 560 g/mol. The number of nitrogens with zero attached hydrogens (tertiary/aromatic N) is 1. The molecule has 1 aliphatic rings. The predicted octanol–water partition coefficient (Wildman–Crippen LogP) is 5.38. The van der Waals surface area contributed by atoms with Crippen LogP contribution in [0.5, 0.6) is 5.75 Å². The molecule has 0 aliphatic carbocycles. The van der Waals surface area contributed by atoms with Crippen molar-refractivity contribution in [1.82, 2.24) is 4.90 Å². The fraction of sp³-hybridized carbons (Fsp3) is 0.190. The number of amides is 3. The van der Waals surface area contributed by atoms with E-state index in [1.807, 2.05) is 6.92 Å².